The minimum Gasteiger partial charge on any atom is -0.466 e. The Balaban J connectivity index is 2.76. The van der Waals surface area contributed by atoms with Gasteiger partial charge in [-0.3, -0.25) is 10.2 Å². The van der Waals surface area contributed by atoms with E-state index in [1.54, 1.807) is 0 Å². The number of carbonyl (C=O) groups is 1. The van der Waals surface area contributed by atoms with Crippen LogP contribution in [-0.4, -0.2) is 18.4 Å². The van der Waals surface area contributed by atoms with E-state index in [0.29, 0.717) is 5.70 Å². The summed E-state index contributed by atoms with van der Waals surface area (Å²) in [6.07, 6.45) is 3.00. The van der Waals surface area contributed by atoms with Crippen molar-refractivity contribution >= 4 is 11.8 Å². The van der Waals surface area contributed by atoms with Gasteiger partial charge in [0.2, 0.25) is 5.90 Å². The molecule has 0 aliphatic carbocycles. The molecule has 1 fully saturated rings. The maximum atomic E-state index is 10.7. The average molecular weight is 152 g/mol. The minimum atomic E-state index is -0.242. The van der Waals surface area contributed by atoms with Crippen LogP contribution < -0.4 is 5.32 Å². The smallest absolute Gasteiger partial charge is 0.262 e. The molecule has 58 valence electrons. The summed E-state index contributed by atoms with van der Waals surface area (Å²) < 4.78 is 4.71. The van der Waals surface area contributed by atoms with Crippen LogP contribution in [0.5, 0.6) is 0 Å². The largest absolute Gasteiger partial charge is 0.466 e. The first kappa shape index (κ1) is 7.53. The summed E-state index contributed by atoms with van der Waals surface area (Å²) in [7, 11) is 0. The molecule has 0 aromatic rings. The van der Waals surface area contributed by atoms with Crippen molar-refractivity contribution in [2.45, 2.75) is 0 Å². The molecule has 4 heteroatoms. The predicted molar refractivity (Wildman–Crippen MR) is 40.1 cm³/mol. The average Bonchev–Trinajstić information content (AvgIpc) is 1.98. The highest BCUT2D eigenvalue weighted by molar-refractivity contribution is 6.00. The van der Waals surface area contributed by atoms with Crippen LogP contribution in [0.25, 0.3) is 0 Å². The van der Waals surface area contributed by atoms with E-state index < -0.39 is 0 Å². The molecule has 0 saturated carbocycles. The lowest BCUT2D eigenvalue weighted by Crippen LogP contribution is -2.37. The number of amides is 1. The number of hydrogen-bond acceptors (Lipinski definition) is 3. The Bertz CT molecular complexity index is 243. The van der Waals surface area contributed by atoms with Gasteiger partial charge >= 0.3 is 0 Å². The van der Waals surface area contributed by atoms with Crippen molar-refractivity contribution in [1.82, 2.24) is 5.32 Å². The van der Waals surface area contributed by atoms with Crippen molar-refractivity contribution in [3.63, 3.8) is 0 Å². The van der Waals surface area contributed by atoms with E-state index in [4.69, 9.17) is 10.1 Å². The molecule has 1 saturated heterocycles. The second-order valence-electron chi connectivity index (χ2n) is 1.98. The number of carbonyl (C=O) groups excluding carboxylic acids is 1. The third kappa shape index (κ3) is 1.67. The number of rotatable bonds is 1. The van der Waals surface area contributed by atoms with E-state index in [0.717, 1.165) is 0 Å². The summed E-state index contributed by atoms with van der Waals surface area (Å²) in [5, 5.41) is 9.65. The molecule has 1 heterocycles. The van der Waals surface area contributed by atoms with Crippen LogP contribution in [0.2, 0.25) is 0 Å². The SMILES string of the molecule is C=C/C=C1/NC(=O)COC1=N. The van der Waals surface area contributed by atoms with Crippen LogP contribution in [0.15, 0.2) is 24.4 Å². The summed E-state index contributed by atoms with van der Waals surface area (Å²) in [6, 6.07) is 0. The van der Waals surface area contributed by atoms with E-state index in [-0.39, 0.29) is 18.4 Å². The van der Waals surface area contributed by atoms with Gasteiger partial charge in [0.15, 0.2) is 6.61 Å². The highest BCUT2D eigenvalue weighted by Crippen LogP contribution is 2.00. The Labute approximate surface area is 64.1 Å². The van der Waals surface area contributed by atoms with Gasteiger partial charge in [0.1, 0.15) is 5.70 Å². The summed E-state index contributed by atoms with van der Waals surface area (Å²) >= 11 is 0. The number of ether oxygens (including phenoxy) is 1. The molecule has 0 unspecified atom stereocenters. The monoisotopic (exact) mass is 152 g/mol. The van der Waals surface area contributed by atoms with Gasteiger partial charge in [-0.2, -0.15) is 0 Å². The maximum Gasteiger partial charge on any atom is 0.262 e. The van der Waals surface area contributed by atoms with Gasteiger partial charge in [-0.25, -0.2) is 0 Å². The van der Waals surface area contributed by atoms with Crippen LogP contribution in [0.4, 0.5) is 0 Å². The van der Waals surface area contributed by atoms with Crippen molar-refractivity contribution < 1.29 is 9.53 Å². The maximum absolute atomic E-state index is 10.7. The molecule has 0 aromatic heterocycles. The molecule has 0 spiro atoms. The highest BCUT2D eigenvalue weighted by Gasteiger charge is 2.17. The van der Waals surface area contributed by atoms with Gasteiger partial charge in [0.05, 0.1) is 0 Å². The van der Waals surface area contributed by atoms with Crippen molar-refractivity contribution in [2.24, 2.45) is 0 Å². The van der Waals surface area contributed by atoms with Gasteiger partial charge in [-0.1, -0.05) is 12.7 Å². The standard InChI is InChI=1S/C7H8N2O2/c1-2-3-5-7(8)11-4-6(10)9-5/h2-3,8H,1,4H2,(H,9,10)/b5-3+,8-7?. The van der Waals surface area contributed by atoms with Crippen LogP contribution >= 0.6 is 0 Å². The van der Waals surface area contributed by atoms with Crippen LogP contribution in [0, 0.1) is 5.41 Å². The first-order valence-electron chi connectivity index (χ1n) is 3.08. The first-order chi connectivity index (χ1) is 5.24. The molecular formula is C7H8N2O2. The molecular weight excluding hydrogens is 144 g/mol. The molecule has 0 radical (unpaired) electrons. The van der Waals surface area contributed by atoms with Crippen LogP contribution in [-0.2, 0) is 9.53 Å². The van der Waals surface area contributed by atoms with Crippen molar-refractivity contribution in [1.29, 1.82) is 5.41 Å². The molecule has 0 aromatic carbocycles. The number of morpholine rings is 1. The third-order valence-electron chi connectivity index (χ3n) is 1.15. The Hall–Kier alpha value is -1.58. The van der Waals surface area contributed by atoms with Gasteiger partial charge < -0.3 is 10.1 Å². The Morgan fingerprint density at radius 1 is 1.73 bits per heavy atom. The summed E-state index contributed by atoms with van der Waals surface area (Å²) in [6.45, 7) is 3.36. The fraction of sp³-hybridized carbons (Fsp3) is 0.143. The molecule has 1 aliphatic rings. The first-order valence-corrected chi connectivity index (χ1v) is 3.08. The molecule has 1 amide bonds. The number of hydrogen-bond donors (Lipinski definition) is 2. The summed E-state index contributed by atoms with van der Waals surface area (Å²) in [5.74, 6) is -0.265. The lowest BCUT2D eigenvalue weighted by atomic mass is 10.3. The van der Waals surface area contributed by atoms with Gasteiger partial charge in [-0.15, -0.1) is 0 Å². The van der Waals surface area contributed by atoms with Gasteiger partial charge in [0, 0.05) is 0 Å². The molecule has 0 bridgehead atoms. The van der Waals surface area contributed by atoms with Gasteiger partial charge in [-0.05, 0) is 6.08 Å². The fourth-order valence-corrected chi connectivity index (χ4v) is 0.694. The highest BCUT2D eigenvalue weighted by atomic mass is 16.5. The van der Waals surface area contributed by atoms with E-state index in [1.165, 1.54) is 12.2 Å². The quantitative estimate of drug-likeness (QED) is 0.563. The molecule has 11 heavy (non-hydrogen) atoms. The molecule has 2 N–H and O–H groups in total. The second kappa shape index (κ2) is 3.01. The van der Waals surface area contributed by atoms with Crippen molar-refractivity contribution in [3.05, 3.63) is 24.4 Å². The molecule has 0 atom stereocenters. The zero-order valence-corrected chi connectivity index (χ0v) is 5.89. The molecule has 4 nitrogen and oxygen atoms in total. The Morgan fingerprint density at radius 2 is 2.45 bits per heavy atom. The fourth-order valence-electron chi connectivity index (χ4n) is 0.694. The van der Waals surface area contributed by atoms with Crippen LogP contribution in [0.3, 0.4) is 0 Å². The van der Waals surface area contributed by atoms with Crippen molar-refractivity contribution in [2.75, 3.05) is 6.61 Å². The van der Waals surface area contributed by atoms with Crippen LogP contribution in [0.1, 0.15) is 0 Å². The molecule has 1 rings (SSSR count). The Kier molecular flexibility index (Phi) is 2.06. The topological polar surface area (TPSA) is 62.2 Å². The lowest BCUT2D eigenvalue weighted by molar-refractivity contribution is -0.123. The van der Waals surface area contributed by atoms with E-state index >= 15 is 0 Å². The summed E-state index contributed by atoms with van der Waals surface area (Å²) in [5.41, 5.74) is 0.358. The Morgan fingerprint density at radius 3 is 3.09 bits per heavy atom. The van der Waals surface area contributed by atoms with Crippen molar-refractivity contribution in [3.8, 4) is 0 Å². The van der Waals surface area contributed by atoms with E-state index in [1.807, 2.05) is 0 Å². The zero-order valence-electron chi connectivity index (χ0n) is 5.89. The third-order valence-corrected chi connectivity index (χ3v) is 1.15. The van der Waals surface area contributed by atoms with E-state index in [9.17, 15) is 4.79 Å². The lowest BCUT2D eigenvalue weighted by Gasteiger charge is -2.16. The zero-order chi connectivity index (χ0) is 8.27. The summed E-state index contributed by atoms with van der Waals surface area (Å²) in [4.78, 5) is 10.7. The predicted octanol–water partition coefficient (Wildman–Crippen LogP) is 0.180. The van der Waals surface area contributed by atoms with E-state index in [2.05, 4.69) is 11.9 Å². The normalized spacial score (nSPS) is 20.9. The second-order valence-corrected chi connectivity index (χ2v) is 1.98. The number of allylic oxidation sites excluding steroid dienone is 2. The minimum absolute atomic E-state index is 0.0236. The molecule has 1 aliphatic heterocycles. The number of nitrogens with one attached hydrogen (secondary N) is 2. The van der Waals surface area contributed by atoms with Gasteiger partial charge in [0.25, 0.3) is 5.91 Å².